The van der Waals surface area contributed by atoms with Gasteiger partial charge in [-0.05, 0) is 30.3 Å². The fraction of sp³-hybridized carbons (Fsp3) is 0.545. The number of hydrogen-bond donors (Lipinski definition) is 1. The molecule has 0 spiro atoms. The van der Waals surface area contributed by atoms with E-state index in [1.165, 1.54) is 30.5 Å². The van der Waals surface area contributed by atoms with Crippen LogP contribution in [0.25, 0.3) is 0 Å². The summed E-state index contributed by atoms with van der Waals surface area (Å²) in [6.45, 7) is 0.959. The number of nitrogens with one attached hydrogen (secondary N) is 1. The average molecular weight is 234 g/mol. The fourth-order valence-corrected chi connectivity index (χ4v) is 2.88. The lowest BCUT2D eigenvalue weighted by molar-refractivity contribution is 0.515. The molecule has 1 aliphatic rings. The summed E-state index contributed by atoms with van der Waals surface area (Å²) >= 11 is 2.03. The van der Waals surface area contributed by atoms with E-state index < -0.39 is 0 Å². The standard InChI is InChI=1S/C11H14N4S/c12-5-10-7-15-11(8-13-10)14-6-9-1-3-16-4-2-9/h7-9H,1-4,6H2,(H,14,15). The van der Waals surface area contributed by atoms with Crippen LogP contribution in [-0.2, 0) is 0 Å². The van der Waals surface area contributed by atoms with Gasteiger partial charge in [-0.15, -0.1) is 0 Å². The van der Waals surface area contributed by atoms with E-state index in [2.05, 4.69) is 15.3 Å². The van der Waals surface area contributed by atoms with Gasteiger partial charge >= 0.3 is 0 Å². The molecule has 1 aromatic heterocycles. The van der Waals surface area contributed by atoms with Crippen LogP contribution in [0.15, 0.2) is 12.4 Å². The molecule has 1 aliphatic heterocycles. The van der Waals surface area contributed by atoms with Gasteiger partial charge in [-0.2, -0.15) is 17.0 Å². The minimum atomic E-state index is 0.361. The van der Waals surface area contributed by atoms with Crippen LogP contribution in [0.3, 0.4) is 0 Å². The second-order valence-corrected chi connectivity index (χ2v) is 5.06. The monoisotopic (exact) mass is 234 g/mol. The van der Waals surface area contributed by atoms with Gasteiger partial charge in [-0.3, -0.25) is 0 Å². The first kappa shape index (κ1) is 11.2. The minimum Gasteiger partial charge on any atom is -0.369 e. The Labute approximate surface area is 99.5 Å². The van der Waals surface area contributed by atoms with Gasteiger partial charge in [0, 0.05) is 6.54 Å². The van der Waals surface area contributed by atoms with Gasteiger partial charge in [0.15, 0.2) is 5.69 Å². The first-order valence-corrected chi connectivity index (χ1v) is 6.57. The van der Waals surface area contributed by atoms with E-state index in [-0.39, 0.29) is 0 Å². The number of rotatable bonds is 3. The molecule has 16 heavy (non-hydrogen) atoms. The molecule has 5 heteroatoms. The van der Waals surface area contributed by atoms with Gasteiger partial charge in [0.2, 0.25) is 0 Å². The first-order valence-electron chi connectivity index (χ1n) is 5.42. The lowest BCUT2D eigenvalue weighted by atomic mass is 10.0. The van der Waals surface area contributed by atoms with Crippen LogP contribution >= 0.6 is 11.8 Å². The number of aromatic nitrogens is 2. The third kappa shape index (κ3) is 3.11. The van der Waals surface area contributed by atoms with Crippen molar-refractivity contribution in [2.24, 2.45) is 5.92 Å². The van der Waals surface area contributed by atoms with Gasteiger partial charge in [0.1, 0.15) is 11.9 Å². The summed E-state index contributed by atoms with van der Waals surface area (Å²) in [5.41, 5.74) is 0.361. The number of anilines is 1. The molecule has 0 aromatic carbocycles. The molecule has 0 radical (unpaired) electrons. The van der Waals surface area contributed by atoms with E-state index in [9.17, 15) is 0 Å². The first-order chi connectivity index (χ1) is 7.88. The van der Waals surface area contributed by atoms with E-state index in [1.54, 1.807) is 6.20 Å². The predicted molar refractivity (Wildman–Crippen MR) is 65.3 cm³/mol. The molecular formula is C11H14N4S. The van der Waals surface area contributed by atoms with E-state index in [4.69, 9.17) is 5.26 Å². The summed E-state index contributed by atoms with van der Waals surface area (Å²) in [5, 5.41) is 11.9. The summed E-state index contributed by atoms with van der Waals surface area (Å²) in [6.07, 6.45) is 5.68. The molecule has 0 atom stereocenters. The van der Waals surface area contributed by atoms with Crippen LogP contribution in [0, 0.1) is 17.2 Å². The zero-order valence-electron chi connectivity index (χ0n) is 9.02. The molecule has 1 saturated heterocycles. The highest BCUT2D eigenvalue weighted by Crippen LogP contribution is 2.22. The van der Waals surface area contributed by atoms with Crippen molar-refractivity contribution in [3.05, 3.63) is 18.1 Å². The third-order valence-electron chi connectivity index (χ3n) is 2.68. The maximum Gasteiger partial charge on any atom is 0.158 e. The van der Waals surface area contributed by atoms with Crippen molar-refractivity contribution in [1.82, 2.24) is 9.97 Å². The number of nitriles is 1. The van der Waals surface area contributed by atoms with Crippen LogP contribution in [0.2, 0.25) is 0 Å². The van der Waals surface area contributed by atoms with E-state index in [0.29, 0.717) is 5.69 Å². The van der Waals surface area contributed by atoms with Crippen molar-refractivity contribution in [3.63, 3.8) is 0 Å². The molecule has 1 fully saturated rings. The summed E-state index contributed by atoms with van der Waals surface area (Å²) in [4.78, 5) is 8.10. The smallest absolute Gasteiger partial charge is 0.158 e. The highest BCUT2D eigenvalue weighted by molar-refractivity contribution is 7.99. The van der Waals surface area contributed by atoms with E-state index >= 15 is 0 Å². The van der Waals surface area contributed by atoms with Crippen molar-refractivity contribution < 1.29 is 0 Å². The SMILES string of the molecule is N#Cc1cnc(NCC2CCSCC2)cn1. The lowest BCUT2D eigenvalue weighted by Gasteiger charge is -2.21. The van der Waals surface area contributed by atoms with Crippen molar-refractivity contribution in [2.45, 2.75) is 12.8 Å². The molecule has 0 bridgehead atoms. The summed E-state index contributed by atoms with van der Waals surface area (Å²) in [6, 6.07) is 1.96. The van der Waals surface area contributed by atoms with Crippen LogP contribution in [0.1, 0.15) is 18.5 Å². The Morgan fingerprint density at radius 3 is 2.81 bits per heavy atom. The van der Waals surface area contributed by atoms with Crippen LogP contribution in [0.5, 0.6) is 0 Å². The van der Waals surface area contributed by atoms with Crippen LogP contribution in [-0.4, -0.2) is 28.0 Å². The van der Waals surface area contributed by atoms with Gasteiger partial charge in [0.25, 0.3) is 0 Å². The Kier molecular flexibility index (Phi) is 4.00. The Morgan fingerprint density at radius 2 is 2.19 bits per heavy atom. The van der Waals surface area contributed by atoms with E-state index in [0.717, 1.165) is 18.3 Å². The summed E-state index contributed by atoms with van der Waals surface area (Å²) in [7, 11) is 0. The van der Waals surface area contributed by atoms with E-state index in [1.807, 2.05) is 17.8 Å². The average Bonchev–Trinajstić information content (AvgIpc) is 2.38. The molecule has 0 amide bonds. The van der Waals surface area contributed by atoms with Gasteiger partial charge in [-0.25, -0.2) is 9.97 Å². The molecular weight excluding hydrogens is 220 g/mol. The maximum atomic E-state index is 8.59. The van der Waals surface area contributed by atoms with Crippen LogP contribution in [0.4, 0.5) is 5.82 Å². The zero-order chi connectivity index (χ0) is 11.2. The van der Waals surface area contributed by atoms with Gasteiger partial charge in [0.05, 0.1) is 12.4 Å². The maximum absolute atomic E-state index is 8.59. The van der Waals surface area contributed by atoms with Gasteiger partial charge in [-0.1, -0.05) is 0 Å². The van der Waals surface area contributed by atoms with Crippen molar-refractivity contribution in [2.75, 3.05) is 23.4 Å². The third-order valence-corrected chi connectivity index (χ3v) is 3.73. The van der Waals surface area contributed by atoms with Crippen molar-refractivity contribution in [1.29, 1.82) is 5.26 Å². The second-order valence-electron chi connectivity index (χ2n) is 3.84. The van der Waals surface area contributed by atoms with Crippen molar-refractivity contribution in [3.8, 4) is 6.07 Å². The normalized spacial score (nSPS) is 16.7. The highest BCUT2D eigenvalue weighted by atomic mass is 32.2. The lowest BCUT2D eigenvalue weighted by Crippen LogP contribution is -2.19. The second kappa shape index (κ2) is 5.71. The van der Waals surface area contributed by atoms with Gasteiger partial charge < -0.3 is 5.32 Å². The minimum absolute atomic E-state index is 0.361. The molecule has 0 aliphatic carbocycles. The Bertz CT molecular complexity index is 365. The summed E-state index contributed by atoms with van der Waals surface area (Å²) in [5.74, 6) is 4.05. The topological polar surface area (TPSA) is 61.6 Å². The highest BCUT2D eigenvalue weighted by Gasteiger charge is 2.13. The quantitative estimate of drug-likeness (QED) is 0.865. The fourth-order valence-electron chi connectivity index (χ4n) is 1.68. The Balaban J connectivity index is 1.82. The molecule has 1 N–H and O–H groups in total. The molecule has 0 unspecified atom stereocenters. The molecule has 4 nitrogen and oxygen atoms in total. The Morgan fingerprint density at radius 1 is 1.38 bits per heavy atom. The summed E-state index contributed by atoms with van der Waals surface area (Å²) < 4.78 is 0. The largest absolute Gasteiger partial charge is 0.369 e. The molecule has 2 rings (SSSR count). The number of nitrogens with zero attached hydrogens (tertiary/aromatic N) is 3. The number of hydrogen-bond acceptors (Lipinski definition) is 5. The molecule has 2 heterocycles. The molecule has 84 valence electrons. The predicted octanol–water partition coefficient (Wildman–Crippen LogP) is 1.90. The molecule has 1 aromatic rings. The Hall–Kier alpha value is -1.28. The molecule has 0 saturated carbocycles. The number of thioether (sulfide) groups is 1. The van der Waals surface area contributed by atoms with Crippen molar-refractivity contribution >= 4 is 17.6 Å². The van der Waals surface area contributed by atoms with Crippen LogP contribution < -0.4 is 5.32 Å². The zero-order valence-corrected chi connectivity index (χ0v) is 9.83.